The number of hydrogen-bond donors (Lipinski definition) is 0. The van der Waals surface area contributed by atoms with E-state index in [0.717, 1.165) is 11.3 Å². The first kappa shape index (κ1) is 20.6. The van der Waals surface area contributed by atoms with Gasteiger partial charge in [-0.1, -0.05) is 29.8 Å². The molecule has 2 aromatic rings. The summed E-state index contributed by atoms with van der Waals surface area (Å²) in [5, 5.41) is 0. The van der Waals surface area contributed by atoms with Gasteiger partial charge in [0.15, 0.2) is 6.10 Å². The molecule has 0 unspecified atom stereocenters. The van der Waals surface area contributed by atoms with E-state index in [4.69, 9.17) is 9.47 Å². The molecule has 0 bridgehead atoms. The van der Waals surface area contributed by atoms with E-state index in [1.54, 1.807) is 48.2 Å². The van der Waals surface area contributed by atoms with Gasteiger partial charge in [-0.05, 0) is 45.0 Å². The summed E-state index contributed by atoms with van der Waals surface area (Å²) < 4.78 is 10.8. The second kappa shape index (κ2) is 8.90. The van der Waals surface area contributed by atoms with Crippen LogP contribution in [0.2, 0.25) is 0 Å². The van der Waals surface area contributed by atoms with E-state index in [1.807, 2.05) is 26.0 Å². The number of ketones is 1. The van der Waals surface area contributed by atoms with E-state index in [-0.39, 0.29) is 24.7 Å². The molecular formula is C23H25NO5. The van der Waals surface area contributed by atoms with E-state index in [2.05, 4.69) is 0 Å². The van der Waals surface area contributed by atoms with Crippen molar-refractivity contribution >= 4 is 23.3 Å². The van der Waals surface area contributed by atoms with Gasteiger partial charge in [0.2, 0.25) is 11.7 Å². The molecule has 2 aromatic carbocycles. The lowest BCUT2D eigenvalue weighted by Crippen LogP contribution is -2.30. The van der Waals surface area contributed by atoms with Crippen molar-refractivity contribution in [3.8, 4) is 5.75 Å². The van der Waals surface area contributed by atoms with E-state index in [1.165, 1.54) is 0 Å². The molecule has 3 rings (SSSR count). The SMILES string of the molecule is CCOc1ccc(N2C[C@H](C(=O)O[C@@H](C)C(=O)c3ccc(C)cc3)CC2=O)cc1. The van der Waals surface area contributed by atoms with Crippen molar-refractivity contribution in [1.29, 1.82) is 0 Å². The topological polar surface area (TPSA) is 72.9 Å². The predicted molar refractivity (Wildman–Crippen MR) is 109 cm³/mol. The normalized spacial score (nSPS) is 17.1. The maximum atomic E-state index is 12.5. The molecule has 1 heterocycles. The number of anilines is 1. The van der Waals surface area contributed by atoms with Gasteiger partial charge >= 0.3 is 5.97 Å². The third-order valence-electron chi connectivity index (χ3n) is 4.92. The van der Waals surface area contributed by atoms with Gasteiger partial charge in [0, 0.05) is 24.2 Å². The Balaban J connectivity index is 1.60. The molecule has 2 atom stereocenters. The molecule has 0 aliphatic carbocycles. The summed E-state index contributed by atoms with van der Waals surface area (Å²) in [7, 11) is 0. The van der Waals surface area contributed by atoms with Crippen LogP contribution in [0.4, 0.5) is 5.69 Å². The molecule has 29 heavy (non-hydrogen) atoms. The Morgan fingerprint density at radius 1 is 1.10 bits per heavy atom. The fourth-order valence-electron chi connectivity index (χ4n) is 3.28. The maximum Gasteiger partial charge on any atom is 0.312 e. The molecule has 1 amide bonds. The van der Waals surface area contributed by atoms with Crippen molar-refractivity contribution in [2.75, 3.05) is 18.1 Å². The molecule has 1 aliphatic rings. The Kier molecular flexibility index (Phi) is 6.32. The van der Waals surface area contributed by atoms with Crippen molar-refractivity contribution in [3.63, 3.8) is 0 Å². The molecule has 0 radical (unpaired) electrons. The third kappa shape index (κ3) is 4.83. The zero-order chi connectivity index (χ0) is 21.0. The zero-order valence-electron chi connectivity index (χ0n) is 16.9. The molecule has 152 valence electrons. The first-order valence-electron chi connectivity index (χ1n) is 9.73. The number of carbonyl (C=O) groups is 3. The van der Waals surface area contributed by atoms with Crippen LogP contribution in [0.1, 0.15) is 36.2 Å². The van der Waals surface area contributed by atoms with E-state index >= 15 is 0 Å². The first-order chi connectivity index (χ1) is 13.9. The van der Waals surface area contributed by atoms with Gasteiger partial charge in [-0.2, -0.15) is 0 Å². The molecule has 0 saturated carbocycles. The van der Waals surface area contributed by atoms with Crippen molar-refractivity contribution in [3.05, 3.63) is 59.7 Å². The smallest absolute Gasteiger partial charge is 0.312 e. The summed E-state index contributed by atoms with van der Waals surface area (Å²) in [4.78, 5) is 39.0. The largest absolute Gasteiger partial charge is 0.494 e. The Hall–Kier alpha value is -3.15. The highest BCUT2D eigenvalue weighted by Crippen LogP contribution is 2.28. The fourth-order valence-corrected chi connectivity index (χ4v) is 3.28. The summed E-state index contributed by atoms with van der Waals surface area (Å²) in [6.45, 7) is 6.19. The number of nitrogens with zero attached hydrogens (tertiary/aromatic N) is 1. The van der Waals surface area contributed by atoms with E-state index in [9.17, 15) is 14.4 Å². The highest BCUT2D eigenvalue weighted by Gasteiger charge is 2.37. The van der Waals surface area contributed by atoms with E-state index in [0.29, 0.717) is 17.9 Å². The minimum absolute atomic E-state index is 0.0670. The monoisotopic (exact) mass is 395 g/mol. The Labute approximate surface area is 170 Å². The Bertz CT molecular complexity index is 888. The molecule has 6 nitrogen and oxygen atoms in total. The molecular weight excluding hydrogens is 370 g/mol. The molecule has 1 saturated heterocycles. The van der Waals surface area contributed by atoms with E-state index < -0.39 is 18.0 Å². The van der Waals surface area contributed by atoms with Gasteiger partial charge < -0.3 is 14.4 Å². The number of amides is 1. The average molecular weight is 395 g/mol. The molecule has 6 heteroatoms. The van der Waals surface area contributed by atoms with Gasteiger partial charge in [-0.3, -0.25) is 14.4 Å². The van der Waals surface area contributed by atoms with Crippen LogP contribution < -0.4 is 9.64 Å². The maximum absolute atomic E-state index is 12.5. The number of Topliss-reactive ketones (excluding diaryl/α,β-unsaturated/α-hetero) is 1. The number of aryl methyl sites for hydroxylation is 1. The number of hydrogen-bond acceptors (Lipinski definition) is 5. The van der Waals surface area contributed by atoms with Gasteiger partial charge in [-0.15, -0.1) is 0 Å². The lowest BCUT2D eigenvalue weighted by atomic mass is 10.1. The zero-order valence-corrected chi connectivity index (χ0v) is 16.9. The van der Waals surface area contributed by atoms with Crippen LogP contribution in [-0.2, 0) is 14.3 Å². The highest BCUT2D eigenvalue weighted by atomic mass is 16.5. The van der Waals surface area contributed by atoms with Crippen LogP contribution in [0.15, 0.2) is 48.5 Å². The molecule has 0 aromatic heterocycles. The van der Waals surface area contributed by atoms with Crippen molar-refractivity contribution in [2.24, 2.45) is 5.92 Å². The van der Waals surface area contributed by atoms with Gasteiger partial charge in [0.25, 0.3) is 0 Å². The summed E-state index contributed by atoms with van der Waals surface area (Å²) in [6, 6.07) is 14.3. The minimum atomic E-state index is -0.903. The molecule has 1 aliphatic heterocycles. The van der Waals surface area contributed by atoms with Crippen molar-refractivity contribution in [2.45, 2.75) is 33.3 Å². The number of esters is 1. The van der Waals surface area contributed by atoms with Gasteiger partial charge in [0.05, 0.1) is 12.5 Å². The second-order valence-electron chi connectivity index (χ2n) is 7.14. The van der Waals surface area contributed by atoms with Crippen molar-refractivity contribution < 1.29 is 23.9 Å². The summed E-state index contributed by atoms with van der Waals surface area (Å²) in [6.07, 6.45) is -0.836. The van der Waals surface area contributed by atoms with Gasteiger partial charge in [-0.25, -0.2) is 0 Å². The van der Waals surface area contributed by atoms with Gasteiger partial charge in [0.1, 0.15) is 5.75 Å². The fraction of sp³-hybridized carbons (Fsp3) is 0.348. The van der Waals surface area contributed by atoms with Crippen LogP contribution in [0.5, 0.6) is 5.75 Å². The average Bonchev–Trinajstić information content (AvgIpc) is 3.10. The summed E-state index contributed by atoms with van der Waals surface area (Å²) in [5.41, 5.74) is 2.25. The highest BCUT2D eigenvalue weighted by molar-refractivity contribution is 6.02. The first-order valence-corrected chi connectivity index (χ1v) is 9.73. The van der Waals surface area contributed by atoms with Crippen LogP contribution in [0.3, 0.4) is 0 Å². The predicted octanol–water partition coefficient (Wildman–Crippen LogP) is 3.56. The van der Waals surface area contributed by atoms with Crippen LogP contribution >= 0.6 is 0 Å². The molecule has 1 fully saturated rings. The van der Waals surface area contributed by atoms with Crippen molar-refractivity contribution in [1.82, 2.24) is 0 Å². The summed E-state index contributed by atoms with van der Waals surface area (Å²) >= 11 is 0. The lowest BCUT2D eigenvalue weighted by Gasteiger charge is -2.18. The standard InChI is InChI=1S/C23H25NO5/c1-4-28-20-11-9-19(10-12-20)24-14-18(13-21(24)25)23(27)29-16(3)22(26)17-7-5-15(2)6-8-17/h5-12,16,18H,4,13-14H2,1-3H3/t16-,18+/m0/s1. The number of ether oxygens (including phenoxy) is 2. The minimum Gasteiger partial charge on any atom is -0.494 e. The number of rotatable bonds is 7. The second-order valence-corrected chi connectivity index (χ2v) is 7.14. The molecule has 0 N–H and O–H groups in total. The Morgan fingerprint density at radius 3 is 2.38 bits per heavy atom. The quantitative estimate of drug-likeness (QED) is 0.529. The number of carbonyl (C=O) groups excluding carboxylic acids is 3. The van der Waals surface area contributed by atoms with Crippen LogP contribution in [-0.4, -0.2) is 36.9 Å². The lowest BCUT2D eigenvalue weighted by molar-refractivity contribution is -0.151. The Morgan fingerprint density at radius 2 is 1.76 bits per heavy atom. The molecule has 0 spiro atoms. The number of benzene rings is 2. The van der Waals surface area contributed by atoms with Crippen LogP contribution in [0.25, 0.3) is 0 Å². The summed E-state index contributed by atoms with van der Waals surface area (Å²) in [5.74, 6) is -0.802. The van der Waals surface area contributed by atoms with Crippen LogP contribution in [0, 0.1) is 12.8 Å². The third-order valence-corrected chi connectivity index (χ3v) is 4.92.